The summed E-state index contributed by atoms with van der Waals surface area (Å²) < 4.78 is 8.20. The zero-order chi connectivity index (χ0) is 24.6. The number of imidazole rings is 1. The predicted octanol–water partition coefficient (Wildman–Crippen LogP) is 5.51. The molecule has 4 heterocycles. The predicted molar refractivity (Wildman–Crippen MR) is 143 cm³/mol. The molecule has 0 N–H and O–H groups in total. The number of benzene rings is 1. The Morgan fingerprint density at radius 2 is 1.83 bits per heavy atom. The van der Waals surface area contributed by atoms with Crippen LogP contribution in [0.4, 0.5) is 5.69 Å². The van der Waals surface area contributed by atoms with Gasteiger partial charge < -0.3 is 14.5 Å². The van der Waals surface area contributed by atoms with Gasteiger partial charge in [-0.25, -0.2) is 9.50 Å². The van der Waals surface area contributed by atoms with Crippen molar-refractivity contribution in [1.29, 1.82) is 0 Å². The summed E-state index contributed by atoms with van der Waals surface area (Å²) in [5, 5.41) is 4.91. The second-order valence-corrected chi connectivity index (χ2v) is 10.5. The van der Waals surface area contributed by atoms with E-state index >= 15 is 0 Å². The van der Waals surface area contributed by atoms with Gasteiger partial charge in [-0.05, 0) is 94.9 Å². The molecule has 7 nitrogen and oxygen atoms in total. The van der Waals surface area contributed by atoms with Gasteiger partial charge >= 0.3 is 0 Å². The van der Waals surface area contributed by atoms with Gasteiger partial charge in [0.15, 0.2) is 5.65 Å². The van der Waals surface area contributed by atoms with Crippen molar-refractivity contribution in [3.63, 3.8) is 0 Å². The van der Waals surface area contributed by atoms with E-state index in [4.69, 9.17) is 14.8 Å². The third-order valence-corrected chi connectivity index (χ3v) is 7.68. The summed E-state index contributed by atoms with van der Waals surface area (Å²) in [6.07, 6.45) is 10.4. The molecule has 0 radical (unpaired) electrons. The smallest absolute Gasteiger partial charge is 0.239 e. The van der Waals surface area contributed by atoms with Gasteiger partial charge in [-0.15, -0.1) is 5.10 Å². The fourth-order valence-corrected chi connectivity index (χ4v) is 5.17. The number of anilines is 1. The van der Waals surface area contributed by atoms with E-state index in [1.54, 1.807) is 12.4 Å². The molecule has 2 aliphatic rings. The maximum Gasteiger partial charge on any atom is 0.239 e. The lowest BCUT2D eigenvalue weighted by atomic mass is 9.96. The summed E-state index contributed by atoms with van der Waals surface area (Å²) >= 11 is 0. The summed E-state index contributed by atoms with van der Waals surface area (Å²) in [7, 11) is 2.22. The van der Waals surface area contributed by atoms with Crippen LogP contribution >= 0.6 is 0 Å². The van der Waals surface area contributed by atoms with Crippen LogP contribution in [0, 0.1) is 19.8 Å². The van der Waals surface area contributed by atoms with Crippen LogP contribution in [0.25, 0.3) is 16.9 Å². The fourth-order valence-electron chi connectivity index (χ4n) is 5.17. The molecule has 0 spiro atoms. The molecule has 7 heteroatoms. The number of rotatable bonds is 7. The number of likely N-dealkylation sites (tertiary alicyclic amines) is 1. The number of piperidine rings is 1. The number of hydrogen-bond donors (Lipinski definition) is 0. The monoisotopic (exact) mass is 482 g/mol. The highest BCUT2D eigenvalue weighted by molar-refractivity contribution is 5.75. The first-order valence-corrected chi connectivity index (χ1v) is 13.0. The largest absolute Gasteiger partial charge is 0.436 e. The SMILES string of the molecule is Cc1ccc(-c2cnc3c(N(CC4CCN(C)CC4)C4CC4)cc(Oc4cccnc4)nn23)cc1C. The lowest BCUT2D eigenvalue weighted by molar-refractivity contribution is 0.221. The van der Waals surface area contributed by atoms with E-state index in [1.165, 1.54) is 49.9 Å². The van der Waals surface area contributed by atoms with E-state index in [1.807, 2.05) is 22.8 Å². The van der Waals surface area contributed by atoms with Crippen molar-refractivity contribution < 1.29 is 4.74 Å². The highest BCUT2D eigenvalue weighted by Crippen LogP contribution is 2.38. The van der Waals surface area contributed by atoms with Gasteiger partial charge in [0.05, 0.1) is 23.8 Å². The molecular weight excluding hydrogens is 448 g/mol. The number of nitrogens with zero attached hydrogens (tertiary/aromatic N) is 6. The highest BCUT2D eigenvalue weighted by atomic mass is 16.5. The molecule has 186 valence electrons. The van der Waals surface area contributed by atoms with Crippen LogP contribution in [0.2, 0.25) is 0 Å². The molecular formula is C29H34N6O. The molecule has 1 aliphatic heterocycles. The number of hydrogen-bond acceptors (Lipinski definition) is 6. The van der Waals surface area contributed by atoms with Crippen molar-refractivity contribution in [3.05, 3.63) is 66.1 Å². The first-order valence-electron chi connectivity index (χ1n) is 13.0. The van der Waals surface area contributed by atoms with E-state index in [-0.39, 0.29) is 0 Å². The maximum absolute atomic E-state index is 6.23. The van der Waals surface area contributed by atoms with E-state index < -0.39 is 0 Å². The van der Waals surface area contributed by atoms with Crippen molar-refractivity contribution in [3.8, 4) is 22.9 Å². The lowest BCUT2D eigenvalue weighted by Crippen LogP contribution is -2.38. The van der Waals surface area contributed by atoms with Crippen LogP contribution in [0.1, 0.15) is 36.8 Å². The van der Waals surface area contributed by atoms with Crippen molar-refractivity contribution in [2.45, 2.75) is 45.6 Å². The van der Waals surface area contributed by atoms with Crippen molar-refractivity contribution >= 4 is 11.3 Å². The Kier molecular flexibility index (Phi) is 6.09. The minimum absolute atomic E-state index is 0.558. The molecule has 36 heavy (non-hydrogen) atoms. The Hall–Kier alpha value is -3.45. The van der Waals surface area contributed by atoms with Gasteiger partial charge in [-0.3, -0.25) is 4.98 Å². The van der Waals surface area contributed by atoms with E-state index in [9.17, 15) is 0 Å². The van der Waals surface area contributed by atoms with Gasteiger partial charge in [0.25, 0.3) is 0 Å². The Balaban J connectivity index is 1.44. The van der Waals surface area contributed by atoms with Crippen LogP contribution in [-0.4, -0.2) is 57.2 Å². The van der Waals surface area contributed by atoms with Crippen LogP contribution in [0.3, 0.4) is 0 Å². The van der Waals surface area contributed by atoms with Gasteiger partial charge in [0.1, 0.15) is 5.75 Å². The molecule has 2 fully saturated rings. The Bertz CT molecular complexity index is 1360. The molecule has 0 bridgehead atoms. The lowest BCUT2D eigenvalue weighted by Gasteiger charge is -2.34. The molecule has 0 atom stereocenters. The minimum atomic E-state index is 0.558. The number of pyridine rings is 1. The normalized spacial score (nSPS) is 17.0. The summed E-state index contributed by atoms with van der Waals surface area (Å²) in [6.45, 7) is 7.68. The molecule has 1 aliphatic carbocycles. The van der Waals surface area contributed by atoms with E-state index in [0.717, 1.165) is 29.1 Å². The second-order valence-electron chi connectivity index (χ2n) is 10.5. The van der Waals surface area contributed by atoms with Gasteiger partial charge in [0.2, 0.25) is 5.88 Å². The third kappa shape index (κ3) is 4.67. The molecule has 1 saturated heterocycles. The number of fused-ring (bicyclic) bond motifs is 1. The Labute approximate surface area is 212 Å². The average molecular weight is 483 g/mol. The van der Waals surface area contributed by atoms with Gasteiger partial charge in [0, 0.05) is 30.4 Å². The van der Waals surface area contributed by atoms with E-state index in [0.29, 0.717) is 23.6 Å². The molecule has 4 aromatic rings. The third-order valence-electron chi connectivity index (χ3n) is 7.68. The minimum Gasteiger partial charge on any atom is -0.436 e. The fraction of sp³-hybridized carbons (Fsp3) is 0.414. The standard InChI is InChI=1S/C29H34N6O/c1-20-6-7-23(15-21(20)2)27-18-31-29-26(16-28(32-35(27)29)36-25-5-4-12-30-17-25)34(24-8-9-24)19-22-10-13-33(3)14-11-22/h4-7,12,15-18,22,24H,8-11,13-14,19H2,1-3H3. The maximum atomic E-state index is 6.23. The number of ether oxygens (including phenoxy) is 1. The molecule has 1 saturated carbocycles. The van der Waals surface area contributed by atoms with Gasteiger partial charge in [-0.2, -0.15) is 0 Å². The van der Waals surface area contributed by atoms with E-state index in [2.05, 4.69) is 59.9 Å². The van der Waals surface area contributed by atoms with Crippen LogP contribution < -0.4 is 9.64 Å². The molecule has 3 aromatic heterocycles. The highest BCUT2D eigenvalue weighted by Gasteiger charge is 2.34. The molecule has 0 unspecified atom stereocenters. The number of aryl methyl sites for hydroxylation is 2. The van der Waals surface area contributed by atoms with Crippen molar-refractivity contribution in [2.24, 2.45) is 5.92 Å². The zero-order valence-corrected chi connectivity index (χ0v) is 21.4. The molecule has 1 aromatic carbocycles. The summed E-state index contributed by atoms with van der Waals surface area (Å²) in [5.74, 6) is 1.92. The summed E-state index contributed by atoms with van der Waals surface area (Å²) in [5.41, 5.74) is 6.62. The number of aromatic nitrogens is 4. The quantitative estimate of drug-likeness (QED) is 0.346. The van der Waals surface area contributed by atoms with Crippen LogP contribution in [-0.2, 0) is 0 Å². The topological polar surface area (TPSA) is 58.8 Å². The molecule has 6 rings (SSSR count). The first kappa shape index (κ1) is 23.0. The Morgan fingerprint density at radius 3 is 2.56 bits per heavy atom. The zero-order valence-electron chi connectivity index (χ0n) is 21.4. The van der Waals surface area contributed by atoms with Crippen LogP contribution in [0.15, 0.2) is 55.0 Å². The second kappa shape index (κ2) is 9.54. The van der Waals surface area contributed by atoms with Crippen LogP contribution in [0.5, 0.6) is 11.6 Å². The first-order chi connectivity index (χ1) is 17.5. The molecule has 0 amide bonds. The van der Waals surface area contributed by atoms with Crippen molar-refractivity contribution in [2.75, 3.05) is 31.6 Å². The van der Waals surface area contributed by atoms with Crippen molar-refractivity contribution in [1.82, 2.24) is 24.5 Å². The Morgan fingerprint density at radius 1 is 1.00 bits per heavy atom. The summed E-state index contributed by atoms with van der Waals surface area (Å²) in [6, 6.07) is 13.0. The average Bonchev–Trinajstić information content (AvgIpc) is 3.64. The van der Waals surface area contributed by atoms with Gasteiger partial charge in [-0.1, -0.05) is 12.1 Å². The summed E-state index contributed by atoms with van der Waals surface area (Å²) in [4.78, 5) is 14.1.